The highest BCUT2D eigenvalue weighted by Crippen LogP contribution is 2.28. The van der Waals surface area contributed by atoms with Crippen molar-refractivity contribution in [2.75, 3.05) is 10.6 Å². The Morgan fingerprint density at radius 2 is 1.62 bits per heavy atom. The molecule has 34 heavy (non-hydrogen) atoms. The van der Waals surface area contributed by atoms with Crippen molar-refractivity contribution < 1.29 is 22.9 Å². The summed E-state index contributed by atoms with van der Waals surface area (Å²) < 4.78 is 25.5. The standard InChI is InChI=1S/C24H21N3O6S/c28-23(14-5-17-15-16-3-1-2-4-22(16)26-24(17)29)25-18-6-10-20(11-7-18)34(32,33)21-12-8-19(9-13-21)27(30)31/h1-4,6-13,17H,5,14-15H2,(H,25,28)(H,26,29)/t17-/m0/s1. The third-order valence-corrected chi connectivity index (χ3v) is 7.42. The van der Waals surface area contributed by atoms with Crippen molar-refractivity contribution in [3.63, 3.8) is 0 Å². The van der Waals surface area contributed by atoms with Crippen molar-refractivity contribution >= 4 is 38.7 Å². The number of carbonyl (C=O) groups is 2. The van der Waals surface area contributed by atoms with Crippen LogP contribution in [0.15, 0.2) is 82.6 Å². The molecule has 0 fully saturated rings. The van der Waals surface area contributed by atoms with Gasteiger partial charge in [-0.3, -0.25) is 19.7 Å². The molecule has 3 aromatic rings. The Balaban J connectivity index is 1.35. The molecule has 0 unspecified atom stereocenters. The summed E-state index contributed by atoms with van der Waals surface area (Å²) in [5.41, 5.74) is 2.06. The fraction of sp³-hybridized carbons (Fsp3) is 0.167. The van der Waals surface area contributed by atoms with Gasteiger partial charge in [0.2, 0.25) is 21.7 Å². The molecule has 0 bridgehead atoms. The van der Waals surface area contributed by atoms with E-state index in [0.717, 1.165) is 23.4 Å². The maximum Gasteiger partial charge on any atom is 0.269 e. The van der Waals surface area contributed by atoms with Crippen LogP contribution in [0.1, 0.15) is 18.4 Å². The molecule has 1 aliphatic rings. The van der Waals surface area contributed by atoms with Gasteiger partial charge >= 0.3 is 0 Å². The summed E-state index contributed by atoms with van der Waals surface area (Å²) in [7, 11) is -3.86. The first-order valence-corrected chi connectivity index (χ1v) is 12.0. The predicted octanol–water partition coefficient (Wildman–Crippen LogP) is 3.96. The van der Waals surface area contributed by atoms with E-state index >= 15 is 0 Å². The fourth-order valence-corrected chi connectivity index (χ4v) is 5.04. The van der Waals surface area contributed by atoms with Crippen molar-refractivity contribution in [2.24, 2.45) is 5.92 Å². The monoisotopic (exact) mass is 479 g/mol. The molecule has 1 aliphatic heterocycles. The SMILES string of the molecule is O=C(CC[C@H]1Cc2ccccc2NC1=O)Nc1ccc(S(=O)(=O)c2ccc([N+](=O)[O-])cc2)cc1. The van der Waals surface area contributed by atoms with Crippen LogP contribution < -0.4 is 10.6 Å². The topological polar surface area (TPSA) is 135 Å². The zero-order valence-electron chi connectivity index (χ0n) is 17.9. The molecule has 1 heterocycles. The molecule has 3 aromatic carbocycles. The van der Waals surface area contributed by atoms with E-state index in [4.69, 9.17) is 0 Å². The van der Waals surface area contributed by atoms with E-state index in [2.05, 4.69) is 10.6 Å². The number of nitrogens with one attached hydrogen (secondary N) is 2. The number of para-hydroxylation sites is 1. The molecule has 174 valence electrons. The van der Waals surface area contributed by atoms with Gasteiger partial charge in [-0.2, -0.15) is 0 Å². The minimum absolute atomic E-state index is 0.00288. The van der Waals surface area contributed by atoms with Crippen LogP contribution in [0.25, 0.3) is 0 Å². The van der Waals surface area contributed by atoms with Crippen LogP contribution >= 0.6 is 0 Å². The highest BCUT2D eigenvalue weighted by molar-refractivity contribution is 7.91. The third kappa shape index (κ3) is 4.96. The van der Waals surface area contributed by atoms with Crippen LogP contribution in [-0.4, -0.2) is 25.2 Å². The molecule has 2 N–H and O–H groups in total. The van der Waals surface area contributed by atoms with Crippen LogP contribution in [0.2, 0.25) is 0 Å². The second-order valence-corrected chi connectivity index (χ2v) is 9.86. The minimum atomic E-state index is -3.86. The van der Waals surface area contributed by atoms with Crippen LogP contribution in [0.3, 0.4) is 0 Å². The van der Waals surface area contributed by atoms with E-state index < -0.39 is 14.8 Å². The summed E-state index contributed by atoms with van der Waals surface area (Å²) in [5.74, 6) is -0.681. The molecule has 0 radical (unpaired) electrons. The molecule has 0 spiro atoms. The van der Waals surface area contributed by atoms with Crippen molar-refractivity contribution in [3.05, 3.63) is 88.5 Å². The third-order valence-electron chi connectivity index (χ3n) is 5.64. The van der Waals surface area contributed by atoms with Crippen LogP contribution in [0, 0.1) is 16.0 Å². The number of carbonyl (C=O) groups excluding carboxylic acids is 2. The van der Waals surface area contributed by atoms with Gasteiger partial charge in [0, 0.05) is 35.8 Å². The Labute approximate surface area is 195 Å². The minimum Gasteiger partial charge on any atom is -0.326 e. The Hall–Kier alpha value is -4.05. The number of fused-ring (bicyclic) bond motifs is 1. The number of nitro groups is 1. The summed E-state index contributed by atoms with van der Waals surface area (Å²) in [4.78, 5) is 34.8. The molecular formula is C24H21N3O6S. The van der Waals surface area contributed by atoms with Crippen molar-refractivity contribution in [1.82, 2.24) is 0 Å². The van der Waals surface area contributed by atoms with E-state index in [-0.39, 0.29) is 39.6 Å². The number of benzene rings is 3. The molecule has 9 nitrogen and oxygen atoms in total. The largest absolute Gasteiger partial charge is 0.326 e. The van der Waals surface area contributed by atoms with Crippen molar-refractivity contribution in [1.29, 1.82) is 0 Å². The van der Waals surface area contributed by atoms with Crippen LogP contribution in [0.4, 0.5) is 17.1 Å². The first-order valence-electron chi connectivity index (χ1n) is 10.5. The Morgan fingerprint density at radius 1 is 1.00 bits per heavy atom. The predicted molar refractivity (Wildman–Crippen MR) is 125 cm³/mol. The van der Waals surface area contributed by atoms with Gasteiger partial charge in [-0.05, 0) is 60.9 Å². The van der Waals surface area contributed by atoms with E-state index in [9.17, 15) is 28.1 Å². The molecule has 0 aliphatic carbocycles. The Bertz CT molecular complexity index is 1350. The first-order chi connectivity index (χ1) is 16.2. The van der Waals surface area contributed by atoms with Gasteiger partial charge in [0.15, 0.2) is 0 Å². The lowest BCUT2D eigenvalue weighted by atomic mass is 9.89. The maximum absolute atomic E-state index is 12.7. The lowest BCUT2D eigenvalue weighted by molar-refractivity contribution is -0.384. The van der Waals surface area contributed by atoms with Gasteiger partial charge in [-0.15, -0.1) is 0 Å². The summed E-state index contributed by atoms with van der Waals surface area (Å²) in [6.45, 7) is 0. The first kappa shape index (κ1) is 23.1. The highest BCUT2D eigenvalue weighted by Gasteiger charge is 2.26. The Morgan fingerprint density at radius 3 is 2.26 bits per heavy atom. The quantitative estimate of drug-likeness (QED) is 0.389. The average Bonchev–Trinajstić information content (AvgIpc) is 2.83. The van der Waals surface area contributed by atoms with Gasteiger partial charge in [-0.1, -0.05) is 18.2 Å². The molecule has 1 atom stereocenters. The number of hydrogen-bond acceptors (Lipinski definition) is 6. The average molecular weight is 480 g/mol. The van der Waals surface area contributed by atoms with Gasteiger partial charge in [0.25, 0.3) is 5.69 Å². The molecule has 0 saturated heterocycles. The second-order valence-electron chi connectivity index (χ2n) is 7.91. The summed E-state index contributed by atoms with van der Waals surface area (Å²) in [5, 5.41) is 16.3. The number of non-ortho nitro benzene ring substituents is 1. The van der Waals surface area contributed by atoms with Gasteiger partial charge < -0.3 is 10.6 Å². The van der Waals surface area contributed by atoms with Gasteiger partial charge in [-0.25, -0.2) is 8.42 Å². The van der Waals surface area contributed by atoms with Crippen molar-refractivity contribution in [3.8, 4) is 0 Å². The molecule has 4 rings (SSSR count). The number of sulfone groups is 1. The van der Waals surface area contributed by atoms with E-state index in [1.807, 2.05) is 24.3 Å². The van der Waals surface area contributed by atoms with Crippen LogP contribution in [0.5, 0.6) is 0 Å². The zero-order valence-corrected chi connectivity index (χ0v) is 18.7. The Kier molecular flexibility index (Phi) is 6.42. The van der Waals surface area contributed by atoms with E-state index in [0.29, 0.717) is 18.5 Å². The van der Waals surface area contributed by atoms with Crippen molar-refractivity contribution in [2.45, 2.75) is 29.1 Å². The lowest BCUT2D eigenvalue weighted by Gasteiger charge is -2.24. The summed E-state index contributed by atoms with van der Waals surface area (Å²) in [6, 6.07) is 17.9. The van der Waals surface area contributed by atoms with Gasteiger partial charge in [0.1, 0.15) is 0 Å². The molecule has 10 heteroatoms. The second kappa shape index (κ2) is 9.44. The fourth-order valence-electron chi connectivity index (χ4n) is 3.78. The molecule has 0 saturated carbocycles. The van der Waals surface area contributed by atoms with E-state index in [1.165, 1.54) is 36.4 Å². The number of nitro benzene ring substituents is 1. The lowest BCUT2D eigenvalue weighted by Crippen LogP contribution is -2.30. The smallest absolute Gasteiger partial charge is 0.269 e. The number of anilines is 2. The number of rotatable bonds is 7. The van der Waals surface area contributed by atoms with Gasteiger partial charge in [0.05, 0.1) is 14.7 Å². The summed E-state index contributed by atoms with van der Waals surface area (Å²) >= 11 is 0. The molecule has 2 amide bonds. The maximum atomic E-state index is 12.7. The van der Waals surface area contributed by atoms with E-state index in [1.54, 1.807) is 0 Å². The normalized spacial score (nSPS) is 15.2. The van der Waals surface area contributed by atoms with Crippen LogP contribution in [-0.2, 0) is 25.8 Å². The molecular weight excluding hydrogens is 458 g/mol. The highest BCUT2D eigenvalue weighted by atomic mass is 32.2. The zero-order chi connectivity index (χ0) is 24.3. The number of nitrogens with zero attached hydrogens (tertiary/aromatic N) is 1. The molecule has 0 aromatic heterocycles. The number of amides is 2. The summed E-state index contributed by atoms with van der Waals surface area (Å²) in [6.07, 6.45) is 1.10. The number of hydrogen-bond donors (Lipinski definition) is 2.